The maximum Gasteiger partial charge on any atom is 0.327 e. The van der Waals surface area contributed by atoms with Crippen molar-refractivity contribution in [2.24, 2.45) is 0 Å². The molecule has 0 saturated carbocycles. The first-order valence-corrected chi connectivity index (χ1v) is 7.71. The zero-order chi connectivity index (χ0) is 18.7. The number of aromatic nitrogens is 4. The average Bonchev–Trinajstić information content (AvgIpc) is 3.03. The van der Waals surface area contributed by atoms with Crippen molar-refractivity contribution in [1.82, 2.24) is 19.5 Å². The summed E-state index contributed by atoms with van der Waals surface area (Å²) in [5, 5.41) is 2.75. The number of anilines is 1. The lowest BCUT2D eigenvalue weighted by Crippen LogP contribution is -2.23. The van der Waals surface area contributed by atoms with Crippen molar-refractivity contribution in [2.75, 3.05) is 19.5 Å². The van der Waals surface area contributed by atoms with Crippen LogP contribution in [0.5, 0.6) is 11.5 Å². The van der Waals surface area contributed by atoms with Crippen molar-refractivity contribution in [3.05, 3.63) is 45.4 Å². The summed E-state index contributed by atoms with van der Waals surface area (Å²) in [6.45, 7) is 0.245. The van der Waals surface area contributed by atoms with Crippen LogP contribution in [0.25, 0.3) is 11.2 Å². The largest absolute Gasteiger partial charge is 0.493 e. The van der Waals surface area contributed by atoms with Gasteiger partial charge in [-0.25, -0.2) is 9.78 Å². The Morgan fingerprint density at radius 3 is 2.69 bits per heavy atom. The number of ether oxygens (including phenoxy) is 2. The molecule has 0 radical (unpaired) electrons. The number of benzene rings is 1. The number of amides is 1. The molecule has 1 amide bonds. The third kappa shape index (κ3) is 3.43. The van der Waals surface area contributed by atoms with Crippen LogP contribution < -0.4 is 26.0 Å². The predicted molar refractivity (Wildman–Crippen MR) is 93.8 cm³/mol. The van der Waals surface area contributed by atoms with Gasteiger partial charge >= 0.3 is 5.69 Å². The Hall–Kier alpha value is -3.56. The minimum absolute atomic E-state index is 0.116. The summed E-state index contributed by atoms with van der Waals surface area (Å²) in [6.07, 6.45) is 1.52. The number of methoxy groups -OCH3 is 2. The molecule has 3 N–H and O–H groups in total. The van der Waals surface area contributed by atoms with E-state index in [1.165, 1.54) is 20.5 Å². The van der Waals surface area contributed by atoms with Gasteiger partial charge in [0.15, 0.2) is 17.0 Å². The van der Waals surface area contributed by atoms with Gasteiger partial charge < -0.3 is 19.4 Å². The SMILES string of the molecule is COc1ccc(NC(=O)CCn2cnc3c(=O)[nH]c(=O)[nH]c32)cc1OC. The summed E-state index contributed by atoms with van der Waals surface area (Å²) in [7, 11) is 3.04. The molecule has 0 atom stereocenters. The number of aromatic amines is 2. The van der Waals surface area contributed by atoms with Crippen molar-refractivity contribution < 1.29 is 14.3 Å². The van der Waals surface area contributed by atoms with Crippen LogP contribution in [-0.2, 0) is 11.3 Å². The molecule has 136 valence electrons. The highest BCUT2D eigenvalue weighted by atomic mass is 16.5. The lowest BCUT2D eigenvalue weighted by atomic mass is 10.2. The predicted octanol–water partition coefficient (Wildman–Crippen LogP) is 0.459. The van der Waals surface area contributed by atoms with Gasteiger partial charge in [0, 0.05) is 24.7 Å². The first-order chi connectivity index (χ1) is 12.5. The quantitative estimate of drug-likeness (QED) is 0.586. The molecular weight excluding hydrogens is 342 g/mol. The third-order valence-electron chi connectivity index (χ3n) is 3.76. The summed E-state index contributed by atoms with van der Waals surface area (Å²) >= 11 is 0. The van der Waals surface area contributed by atoms with E-state index in [4.69, 9.17) is 9.47 Å². The molecule has 10 nitrogen and oxygen atoms in total. The molecule has 0 saturated heterocycles. The molecule has 0 aliphatic rings. The molecule has 0 spiro atoms. The van der Waals surface area contributed by atoms with E-state index < -0.39 is 11.2 Å². The summed E-state index contributed by atoms with van der Waals surface area (Å²) in [5.41, 5.74) is -0.244. The molecule has 1 aromatic carbocycles. The van der Waals surface area contributed by atoms with Gasteiger partial charge in [-0.2, -0.15) is 0 Å². The first-order valence-electron chi connectivity index (χ1n) is 7.71. The van der Waals surface area contributed by atoms with E-state index in [0.29, 0.717) is 17.2 Å². The van der Waals surface area contributed by atoms with Crippen LogP contribution >= 0.6 is 0 Å². The Morgan fingerprint density at radius 2 is 1.96 bits per heavy atom. The number of nitrogens with zero attached hydrogens (tertiary/aromatic N) is 2. The third-order valence-corrected chi connectivity index (χ3v) is 3.76. The summed E-state index contributed by atoms with van der Waals surface area (Å²) in [4.78, 5) is 43.8. The number of nitrogens with one attached hydrogen (secondary N) is 3. The van der Waals surface area contributed by atoms with E-state index in [0.717, 1.165) is 0 Å². The Bertz CT molecular complexity index is 1060. The van der Waals surface area contributed by atoms with E-state index in [1.54, 1.807) is 22.8 Å². The fourth-order valence-electron chi connectivity index (χ4n) is 2.51. The number of rotatable bonds is 6. The van der Waals surface area contributed by atoms with Crippen LogP contribution in [0.1, 0.15) is 6.42 Å². The topological polar surface area (TPSA) is 131 Å². The van der Waals surface area contributed by atoms with E-state index in [-0.39, 0.29) is 30.0 Å². The Balaban J connectivity index is 1.70. The Morgan fingerprint density at radius 1 is 1.19 bits per heavy atom. The highest BCUT2D eigenvalue weighted by Gasteiger charge is 2.11. The molecule has 10 heteroatoms. The fraction of sp³-hybridized carbons (Fsp3) is 0.250. The second kappa shape index (κ2) is 7.13. The lowest BCUT2D eigenvalue weighted by molar-refractivity contribution is -0.116. The zero-order valence-electron chi connectivity index (χ0n) is 14.2. The van der Waals surface area contributed by atoms with Gasteiger partial charge in [-0.1, -0.05) is 0 Å². The first kappa shape index (κ1) is 17.3. The van der Waals surface area contributed by atoms with Gasteiger partial charge in [-0.05, 0) is 12.1 Å². The smallest absolute Gasteiger partial charge is 0.327 e. The fourth-order valence-corrected chi connectivity index (χ4v) is 2.51. The second-order valence-electron chi connectivity index (χ2n) is 5.41. The molecular formula is C16H17N5O5. The van der Waals surface area contributed by atoms with Crippen molar-refractivity contribution in [3.63, 3.8) is 0 Å². The molecule has 0 aliphatic carbocycles. The van der Waals surface area contributed by atoms with E-state index >= 15 is 0 Å². The van der Waals surface area contributed by atoms with Crippen molar-refractivity contribution in [2.45, 2.75) is 13.0 Å². The molecule has 3 rings (SSSR count). The number of imidazole rings is 1. The van der Waals surface area contributed by atoms with Gasteiger partial charge in [-0.3, -0.25) is 19.6 Å². The molecule has 2 heterocycles. The Labute approximate surface area is 146 Å². The highest BCUT2D eigenvalue weighted by molar-refractivity contribution is 5.91. The molecule has 3 aromatic rings. The maximum absolute atomic E-state index is 12.2. The molecule has 0 unspecified atom stereocenters. The molecule has 2 aromatic heterocycles. The van der Waals surface area contributed by atoms with Gasteiger partial charge in [0.1, 0.15) is 5.65 Å². The van der Waals surface area contributed by atoms with E-state index in [9.17, 15) is 14.4 Å². The van der Waals surface area contributed by atoms with E-state index in [1.807, 2.05) is 0 Å². The van der Waals surface area contributed by atoms with Gasteiger partial charge in [-0.15, -0.1) is 0 Å². The van der Waals surface area contributed by atoms with E-state index in [2.05, 4.69) is 20.3 Å². The standard InChI is InChI=1S/C16H17N5O5/c1-25-10-4-3-9(7-11(10)26-2)18-12(22)5-6-21-8-17-13-14(21)19-16(24)20-15(13)23/h3-4,7-8H,5-6H2,1-2H3,(H,18,22)(H2,19,20,23,24). The molecule has 0 aliphatic heterocycles. The average molecular weight is 359 g/mol. The monoisotopic (exact) mass is 359 g/mol. The summed E-state index contributed by atoms with van der Waals surface area (Å²) in [5.74, 6) is 0.818. The van der Waals surface area contributed by atoms with Gasteiger partial charge in [0.2, 0.25) is 5.91 Å². The van der Waals surface area contributed by atoms with Crippen molar-refractivity contribution in [3.8, 4) is 11.5 Å². The number of carbonyl (C=O) groups excluding carboxylic acids is 1. The van der Waals surface area contributed by atoms with Crippen LogP contribution in [0.2, 0.25) is 0 Å². The number of fused-ring (bicyclic) bond motifs is 1. The maximum atomic E-state index is 12.2. The van der Waals surface area contributed by atoms with Crippen LogP contribution in [0, 0.1) is 0 Å². The molecule has 26 heavy (non-hydrogen) atoms. The molecule has 0 fully saturated rings. The van der Waals surface area contributed by atoms with Crippen LogP contribution in [0.15, 0.2) is 34.1 Å². The lowest BCUT2D eigenvalue weighted by Gasteiger charge is -2.10. The van der Waals surface area contributed by atoms with Crippen molar-refractivity contribution in [1.29, 1.82) is 0 Å². The highest BCUT2D eigenvalue weighted by Crippen LogP contribution is 2.29. The van der Waals surface area contributed by atoms with Crippen molar-refractivity contribution >= 4 is 22.8 Å². The number of aryl methyl sites for hydroxylation is 1. The second-order valence-corrected chi connectivity index (χ2v) is 5.41. The number of H-pyrrole nitrogens is 2. The number of hydrogen-bond acceptors (Lipinski definition) is 6. The minimum Gasteiger partial charge on any atom is -0.493 e. The normalized spacial score (nSPS) is 10.7. The van der Waals surface area contributed by atoms with Crippen LogP contribution in [0.4, 0.5) is 5.69 Å². The Kier molecular flexibility index (Phi) is 4.74. The van der Waals surface area contributed by atoms with Crippen LogP contribution in [0.3, 0.4) is 0 Å². The summed E-state index contributed by atoms with van der Waals surface area (Å²) < 4.78 is 11.9. The number of hydrogen-bond donors (Lipinski definition) is 3. The molecule has 0 bridgehead atoms. The van der Waals surface area contributed by atoms with Crippen LogP contribution in [-0.4, -0.2) is 39.6 Å². The van der Waals surface area contributed by atoms with Gasteiger partial charge in [0.05, 0.1) is 20.5 Å². The zero-order valence-corrected chi connectivity index (χ0v) is 14.2. The summed E-state index contributed by atoms with van der Waals surface area (Å²) in [6, 6.07) is 5.04. The minimum atomic E-state index is -0.626. The van der Waals surface area contributed by atoms with Gasteiger partial charge in [0.25, 0.3) is 5.56 Å². The number of carbonyl (C=O) groups is 1.